The van der Waals surface area contributed by atoms with Crippen LogP contribution in [0.2, 0.25) is 0 Å². The van der Waals surface area contributed by atoms with Crippen molar-refractivity contribution >= 4 is 22.6 Å². The fourth-order valence-electron chi connectivity index (χ4n) is 3.54. The Hall–Kier alpha value is -2.81. The van der Waals surface area contributed by atoms with Crippen molar-refractivity contribution in [2.45, 2.75) is 6.42 Å². The van der Waals surface area contributed by atoms with Gasteiger partial charge in [0, 0.05) is 32.9 Å². The zero-order chi connectivity index (χ0) is 18.4. The molecule has 1 aromatic carbocycles. The molecule has 9 heteroatoms. The summed E-state index contributed by atoms with van der Waals surface area (Å²) in [5.41, 5.74) is -0.400. The molecule has 0 saturated carbocycles. The van der Waals surface area contributed by atoms with E-state index in [-0.39, 0.29) is 17.9 Å². The lowest BCUT2D eigenvalue weighted by Gasteiger charge is -2.34. The quantitative estimate of drug-likeness (QED) is 0.807. The molecule has 1 aromatic heterocycles. The van der Waals surface area contributed by atoms with Gasteiger partial charge in [0.2, 0.25) is 5.43 Å². The summed E-state index contributed by atoms with van der Waals surface area (Å²) in [5.74, 6) is -1.63. The molecule has 3 heterocycles. The number of pyridine rings is 1. The van der Waals surface area contributed by atoms with Gasteiger partial charge in [0.15, 0.2) is 18.3 Å². The molecule has 0 bridgehead atoms. The van der Waals surface area contributed by atoms with E-state index in [0.29, 0.717) is 24.3 Å². The van der Waals surface area contributed by atoms with Gasteiger partial charge in [0.05, 0.1) is 5.39 Å². The Kier molecular flexibility index (Phi) is 3.95. The molecule has 2 aliphatic heterocycles. The fraction of sp³-hybridized carbons (Fsp3) is 0.412. The molecule has 0 amide bonds. The lowest BCUT2D eigenvalue weighted by Crippen LogP contribution is -2.40. The minimum Gasteiger partial charge on any atom is -0.477 e. The van der Waals surface area contributed by atoms with E-state index in [0.717, 1.165) is 25.6 Å². The van der Waals surface area contributed by atoms with Gasteiger partial charge in [-0.2, -0.15) is 0 Å². The first-order valence-corrected chi connectivity index (χ1v) is 8.44. The van der Waals surface area contributed by atoms with E-state index < -0.39 is 22.8 Å². The fourth-order valence-corrected chi connectivity index (χ4v) is 3.54. The van der Waals surface area contributed by atoms with Crippen LogP contribution < -0.4 is 25.4 Å². The van der Waals surface area contributed by atoms with Crippen LogP contribution in [0.3, 0.4) is 0 Å². The summed E-state index contributed by atoms with van der Waals surface area (Å²) in [5, 5.41) is 14.2. The smallest absolute Gasteiger partial charge is 0.341 e. The lowest BCUT2D eigenvalue weighted by molar-refractivity contribution is 0.0694. The van der Waals surface area contributed by atoms with Gasteiger partial charge in [-0.3, -0.25) is 14.5 Å². The molecular formula is C17H19FN4O4. The highest BCUT2D eigenvalue weighted by atomic mass is 19.1. The van der Waals surface area contributed by atoms with E-state index in [9.17, 15) is 19.1 Å². The van der Waals surface area contributed by atoms with E-state index in [1.807, 2.05) is 4.90 Å². The minimum atomic E-state index is -1.34. The number of rotatable bonds is 2. The third-order valence-electron chi connectivity index (χ3n) is 4.80. The van der Waals surface area contributed by atoms with E-state index >= 15 is 0 Å². The average Bonchev–Trinajstić information content (AvgIpc) is 2.88. The molecule has 0 atom stereocenters. The molecule has 2 N–H and O–H groups in total. The molecule has 0 aliphatic carbocycles. The van der Waals surface area contributed by atoms with Crippen LogP contribution in [0.5, 0.6) is 5.75 Å². The molecule has 138 valence electrons. The number of hydrogen-bond acceptors (Lipinski definition) is 6. The Morgan fingerprint density at radius 2 is 2.15 bits per heavy atom. The number of aromatic nitrogens is 1. The number of ether oxygens (including phenoxy) is 1. The van der Waals surface area contributed by atoms with E-state index in [4.69, 9.17) is 4.74 Å². The van der Waals surface area contributed by atoms with E-state index in [1.54, 1.807) is 16.7 Å². The van der Waals surface area contributed by atoms with Gasteiger partial charge in [-0.05, 0) is 19.0 Å². The second-order valence-corrected chi connectivity index (χ2v) is 6.48. The highest BCUT2D eigenvalue weighted by Gasteiger charge is 2.29. The Balaban J connectivity index is 2.03. The van der Waals surface area contributed by atoms with Crippen molar-refractivity contribution in [1.82, 2.24) is 9.99 Å². The van der Waals surface area contributed by atoms with Crippen LogP contribution in [-0.2, 0) is 0 Å². The summed E-state index contributed by atoms with van der Waals surface area (Å²) in [6.07, 6.45) is 2.13. The summed E-state index contributed by atoms with van der Waals surface area (Å²) >= 11 is 0. The summed E-state index contributed by atoms with van der Waals surface area (Å²) in [4.78, 5) is 25.9. The predicted octanol–water partition coefficient (Wildman–Crippen LogP) is 0.556. The number of carboxylic acid groups (broad SMARTS) is 1. The summed E-state index contributed by atoms with van der Waals surface area (Å²) < 4.78 is 22.3. The maximum Gasteiger partial charge on any atom is 0.341 e. The Labute approximate surface area is 148 Å². The van der Waals surface area contributed by atoms with Crippen LogP contribution in [0.4, 0.5) is 10.1 Å². The van der Waals surface area contributed by atoms with Crippen molar-refractivity contribution in [3.63, 3.8) is 0 Å². The van der Waals surface area contributed by atoms with Gasteiger partial charge < -0.3 is 20.1 Å². The van der Waals surface area contributed by atoms with Gasteiger partial charge in [-0.25, -0.2) is 9.18 Å². The zero-order valence-corrected chi connectivity index (χ0v) is 14.3. The van der Waals surface area contributed by atoms with Gasteiger partial charge >= 0.3 is 5.97 Å². The second kappa shape index (κ2) is 6.17. The minimum absolute atomic E-state index is 0.000599. The Morgan fingerprint density at radius 3 is 2.92 bits per heavy atom. The maximum absolute atomic E-state index is 15.0. The number of halogens is 1. The van der Waals surface area contributed by atoms with Gasteiger partial charge in [0.25, 0.3) is 0 Å². The van der Waals surface area contributed by atoms with Gasteiger partial charge in [-0.15, -0.1) is 0 Å². The van der Waals surface area contributed by atoms with Gasteiger partial charge in [-0.1, -0.05) is 0 Å². The number of carbonyl (C=O) groups is 1. The number of hydrogen-bond donors (Lipinski definition) is 2. The molecule has 1 fully saturated rings. The number of benzene rings is 1. The standard InChI is InChI=1S/C17H19FN4O4/c1-20-9-26-16-13-10(15(23)11(17(24)25)8-22(13)20)7-12(18)14(16)21-5-2-3-19-4-6-21/h7-8,19H,2-6,9H2,1H3,(H,24,25). The SMILES string of the molecule is CN1COc2c(N3CCCNCC3)c(F)cc3c(=O)c(C(=O)O)cn1c23. The number of nitrogens with zero attached hydrogens (tertiary/aromatic N) is 3. The average molecular weight is 362 g/mol. The monoisotopic (exact) mass is 362 g/mol. The maximum atomic E-state index is 15.0. The molecule has 2 aromatic rings. The van der Waals surface area contributed by atoms with Crippen LogP contribution in [-0.4, -0.2) is 55.7 Å². The lowest BCUT2D eigenvalue weighted by atomic mass is 10.1. The molecule has 1 saturated heterocycles. The molecular weight excluding hydrogens is 343 g/mol. The Bertz CT molecular complexity index is 950. The zero-order valence-electron chi connectivity index (χ0n) is 14.3. The van der Waals surface area contributed by atoms with Crippen molar-refractivity contribution in [2.24, 2.45) is 0 Å². The van der Waals surface area contributed by atoms with Crippen molar-refractivity contribution in [1.29, 1.82) is 0 Å². The number of nitrogens with one attached hydrogen (secondary N) is 1. The van der Waals surface area contributed by atoms with E-state index in [2.05, 4.69) is 5.32 Å². The van der Waals surface area contributed by atoms with Crippen LogP contribution in [0.15, 0.2) is 17.1 Å². The number of carboxylic acids is 1. The van der Waals surface area contributed by atoms with Gasteiger partial charge in [0.1, 0.15) is 16.8 Å². The third-order valence-corrected chi connectivity index (χ3v) is 4.80. The van der Waals surface area contributed by atoms with Crippen molar-refractivity contribution < 1.29 is 19.0 Å². The molecule has 4 rings (SSSR count). The normalized spacial score (nSPS) is 17.2. The molecule has 0 unspecified atom stereocenters. The highest BCUT2D eigenvalue weighted by molar-refractivity contribution is 5.97. The summed E-state index contributed by atoms with van der Waals surface area (Å²) in [6.45, 7) is 2.98. The van der Waals surface area contributed by atoms with Crippen molar-refractivity contribution in [3.8, 4) is 5.75 Å². The summed E-state index contributed by atoms with van der Waals surface area (Å²) in [7, 11) is 1.71. The molecule has 0 spiro atoms. The third kappa shape index (κ3) is 2.47. The number of aromatic carboxylic acids is 1. The molecule has 2 aliphatic rings. The van der Waals surface area contributed by atoms with Crippen LogP contribution in [0, 0.1) is 5.82 Å². The largest absolute Gasteiger partial charge is 0.477 e. The first-order valence-electron chi connectivity index (χ1n) is 8.44. The van der Waals surface area contributed by atoms with Crippen molar-refractivity contribution in [2.75, 3.05) is 49.9 Å². The first-order chi connectivity index (χ1) is 12.5. The van der Waals surface area contributed by atoms with Crippen molar-refractivity contribution in [3.05, 3.63) is 33.9 Å². The Morgan fingerprint density at radius 1 is 1.35 bits per heavy atom. The molecule has 0 radical (unpaired) electrons. The first kappa shape index (κ1) is 16.6. The summed E-state index contributed by atoms with van der Waals surface area (Å²) in [6, 6.07) is 1.13. The highest BCUT2D eigenvalue weighted by Crippen LogP contribution is 2.40. The molecule has 26 heavy (non-hydrogen) atoms. The molecule has 8 nitrogen and oxygen atoms in total. The van der Waals surface area contributed by atoms with Crippen LogP contribution in [0.25, 0.3) is 10.9 Å². The topological polar surface area (TPSA) is 87.0 Å². The predicted molar refractivity (Wildman–Crippen MR) is 94.5 cm³/mol. The van der Waals surface area contributed by atoms with Crippen LogP contribution >= 0.6 is 0 Å². The number of anilines is 1. The van der Waals surface area contributed by atoms with Crippen LogP contribution in [0.1, 0.15) is 16.8 Å². The second-order valence-electron chi connectivity index (χ2n) is 6.48. The van der Waals surface area contributed by atoms with E-state index in [1.165, 1.54) is 6.20 Å².